The molecule has 0 saturated heterocycles. The average molecular weight is 701 g/mol. The van der Waals surface area contributed by atoms with E-state index in [-0.39, 0.29) is 30.6 Å². The molecule has 49 heavy (non-hydrogen) atoms. The van der Waals surface area contributed by atoms with Crippen LogP contribution in [0.25, 0.3) is 54.8 Å². The fraction of sp³-hybridized carbons (Fsp3) is 0.273. The maximum atomic E-state index is 15.9. The molecule has 5 heterocycles. The topological polar surface area (TPSA) is 116 Å². The van der Waals surface area contributed by atoms with Gasteiger partial charge < -0.3 is 19.9 Å². The number of ether oxygens (including phenoxy) is 2. The summed E-state index contributed by atoms with van der Waals surface area (Å²) in [7, 11) is 3.45. The number of carboxylic acids is 1. The van der Waals surface area contributed by atoms with E-state index in [1.54, 1.807) is 7.11 Å². The molecule has 0 aliphatic carbocycles. The number of alkyl halides is 3. The molecular formula is C33H29F5N6O4S. The third-order valence-electron chi connectivity index (χ3n) is 7.96. The Balaban J connectivity index is 0.000000540. The van der Waals surface area contributed by atoms with E-state index in [0.717, 1.165) is 50.6 Å². The van der Waals surface area contributed by atoms with Gasteiger partial charge in [-0.25, -0.2) is 18.6 Å². The minimum absolute atomic E-state index is 0.0887. The van der Waals surface area contributed by atoms with Crippen molar-refractivity contribution in [3.05, 3.63) is 71.4 Å². The molecule has 16 heteroatoms. The van der Waals surface area contributed by atoms with Crippen LogP contribution in [-0.2, 0) is 23.1 Å². The molecule has 0 amide bonds. The number of carboxylic acid groups (broad SMARTS) is 1. The third-order valence-corrected chi connectivity index (χ3v) is 8.89. The third kappa shape index (κ3) is 6.71. The second kappa shape index (κ2) is 13.5. The van der Waals surface area contributed by atoms with Crippen LogP contribution in [-0.4, -0.2) is 68.7 Å². The van der Waals surface area contributed by atoms with E-state index in [0.29, 0.717) is 23.5 Å². The summed E-state index contributed by atoms with van der Waals surface area (Å²) in [5.74, 6) is -4.12. The van der Waals surface area contributed by atoms with Crippen molar-refractivity contribution in [1.29, 1.82) is 0 Å². The number of nitrogens with one attached hydrogen (secondary N) is 1. The number of rotatable bonds is 7. The van der Waals surface area contributed by atoms with Crippen molar-refractivity contribution < 1.29 is 41.3 Å². The number of methoxy groups -OCH3 is 1. The van der Waals surface area contributed by atoms with Crippen LogP contribution in [0.5, 0.6) is 5.75 Å². The maximum Gasteiger partial charge on any atom is 0.490 e. The normalized spacial score (nSPS) is 14.5. The van der Waals surface area contributed by atoms with E-state index in [1.165, 1.54) is 17.4 Å². The first-order valence-corrected chi connectivity index (χ1v) is 15.8. The number of hydrogen-bond donors (Lipinski definition) is 2. The monoisotopic (exact) mass is 700 g/mol. The lowest BCUT2D eigenvalue weighted by Gasteiger charge is -2.21. The van der Waals surface area contributed by atoms with E-state index in [9.17, 15) is 17.6 Å². The van der Waals surface area contributed by atoms with Crippen LogP contribution in [0.15, 0.2) is 54.0 Å². The Hall–Kier alpha value is -4.93. The highest BCUT2D eigenvalue weighted by Crippen LogP contribution is 2.47. The average Bonchev–Trinajstić information content (AvgIpc) is 3.80. The van der Waals surface area contributed by atoms with Crippen LogP contribution in [0.1, 0.15) is 18.7 Å². The number of aryl methyl sites for hydroxylation is 1. The first-order chi connectivity index (χ1) is 23.4. The molecular weight excluding hydrogens is 671 g/mol. The SMILES string of the molecule is COCCOc1cc(F)cc(F)c1-c1c(-c2cc3n(n2)CCN[C@@H]3C)nc(-c2ccc3c(cnn3C)c2)c2ccsc12.O=C(O)C(F)(F)F. The molecule has 6 aromatic rings. The van der Waals surface area contributed by atoms with E-state index in [4.69, 9.17) is 29.5 Å². The van der Waals surface area contributed by atoms with Crippen molar-refractivity contribution >= 4 is 38.3 Å². The number of aliphatic carboxylic acids is 1. The Morgan fingerprint density at radius 3 is 2.59 bits per heavy atom. The van der Waals surface area contributed by atoms with Gasteiger partial charge in [0.2, 0.25) is 0 Å². The quantitative estimate of drug-likeness (QED) is 0.135. The van der Waals surface area contributed by atoms with Gasteiger partial charge in [0.15, 0.2) is 0 Å². The van der Waals surface area contributed by atoms with Crippen LogP contribution in [0.2, 0.25) is 0 Å². The lowest BCUT2D eigenvalue weighted by atomic mass is 9.96. The van der Waals surface area contributed by atoms with Gasteiger partial charge in [-0.05, 0) is 36.6 Å². The molecule has 0 fully saturated rings. The minimum Gasteiger partial charge on any atom is -0.490 e. The number of hydrogen-bond acceptors (Lipinski definition) is 8. The van der Waals surface area contributed by atoms with E-state index < -0.39 is 23.8 Å². The van der Waals surface area contributed by atoms with Crippen molar-refractivity contribution in [2.75, 3.05) is 26.9 Å². The van der Waals surface area contributed by atoms with E-state index in [2.05, 4.69) is 23.4 Å². The summed E-state index contributed by atoms with van der Waals surface area (Å²) in [6.45, 7) is 3.99. The minimum atomic E-state index is -5.08. The maximum absolute atomic E-state index is 15.9. The fourth-order valence-corrected chi connectivity index (χ4v) is 6.63. The largest absolute Gasteiger partial charge is 0.490 e. The molecule has 1 atom stereocenters. The Morgan fingerprint density at radius 2 is 1.88 bits per heavy atom. The molecule has 1 aliphatic rings. The van der Waals surface area contributed by atoms with Gasteiger partial charge in [-0.2, -0.15) is 23.4 Å². The lowest BCUT2D eigenvalue weighted by molar-refractivity contribution is -0.192. The highest BCUT2D eigenvalue weighted by Gasteiger charge is 2.38. The number of pyridine rings is 1. The molecule has 0 spiro atoms. The number of thiophene rings is 1. The van der Waals surface area contributed by atoms with Gasteiger partial charge in [-0.15, -0.1) is 11.3 Å². The number of carbonyl (C=O) groups is 1. The number of halogens is 5. The molecule has 10 nitrogen and oxygen atoms in total. The zero-order valence-corrected chi connectivity index (χ0v) is 27.1. The summed E-state index contributed by atoms with van der Waals surface area (Å²) in [6.07, 6.45) is -3.26. The van der Waals surface area contributed by atoms with Crippen LogP contribution < -0.4 is 10.1 Å². The van der Waals surface area contributed by atoms with Crippen LogP contribution in [0.4, 0.5) is 22.0 Å². The van der Waals surface area contributed by atoms with Crippen molar-refractivity contribution in [3.8, 4) is 39.5 Å². The number of aromatic nitrogens is 5. The number of fused-ring (bicyclic) bond motifs is 3. The fourth-order valence-electron chi connectivity index (χ4n) is 5.68. The number of nitrogens with zero attached hydrogens (tertiary/aromatic N) is 5. The Bertz CT molecular complexity index is 2180. The summed E-state index contributed by atoms with van der Waals surface area (Å²) < 4.78 is 77.8. The molecule has 0 radical (unpaired) electrons. The smallest absolute Gasteiger partial charge is 0.490 e. The summed E-state index contributed by atoms with van der Waals surface area (Å²) in [5.41, 5.74) is 5.46. The first kappa shape index (κ1) is 34.0. The zero-order chi connectivity index (χ0) is 35.0. The first-order valence-electron chi connectivity index (χ1n) is 14.9. The van der Waals surface area contributed by atoms with Gasteiger partial charge in [0.1, 0.15) is 35.4 Å². The van der Waals surface area contributed by atoms with Gasteiger partial charge in [0.25, 0.3) is 0 Å². The predicted octanol–water partition coefficient (Wildman–Crippen LogP) is 6.98. The van der Waals surface area contributed by atoms with Crippen molar-refractivity contribution in [3.63, 3.8) is 0 Å². The molecule has 0 unspecified atom stereocenters. The molecule has 256 valence electrons. The van der Waals surface area contributed by atoms with Crippen molar-refractivity contribution in [2.45, 2.75) is 25.7 Å². The summed E-state index contributed by atoms with van der Waals surface area (Å²) in [5, 5.41) is 23.7. The van der Waals surface area contributed by atoms with E-state index in [1.807, 2.05) is 52.3 Å². The highest BCUT2D eigenvalue weighted by atomic mass is 32.1. The van der Waals surface area contributed by atoms with Gasteiger partial charge in [0.05, 0.1) is 41.8 Å². The van der Waals surface area contributed by atoms with Crippen LogP contribution in [0, 0.1) is 11.6 Å². The zero-order valence-electron chi connectivity index (χ0n) is 26.3. The van der Waals surface area contributed by atoms with Crippen molar-refractivity contribution in [2.24, 2.45) is 7.05 Å². The Morgan fingerprint density at radius 1 is 1.10 bits per heavy atom. The molecule has 4 aromatic heterocycles. The summed E-state index contributed by atoms with van der Waals surface area (Å²) in [6, 6.07) is 12.3. The number of benzene rings is 2. The van der Waals surface area contributed by atoms with Crippen LogP contribution in [0.3, 0.4) is 0 Å². The second-order valence-corrected chi connectivity index (χ2v) is 12.1. The summed E-state index contributed by atoms with van der Waals surface area (Å²) in [4.78, 5) is 14.1. The molecule has 7 rings (SSSR count). The molecule has 2 N–H and O–H groups in total. The van der Waals surface area contributed by atoms with Gasteiger partial charge in [0, 0.05) is 65.5 Å². The standard InChI is InChI=1S/C31H28F2N6O2S.C2HF3O2/c1-17-25-15-23(37-39(25)8-7-34-17)30-28(27-22(33)13-20(32)14-26(27)41-10-9-40-3)31-21(6-11-42-31)29(36-30)18-4-5-24-19(12-18)16-35-38(24)2;3-2(4,5)1(6)7/h4-6,11-17,34H,7-10H2,1-3H3;(H,6,7)/t17-;/m1./s1. The Labute approximate surface area is 279 Å². The van der Waals surface area contributed by atoms with Crippen LogP contribution >= 0.6 is 11.3 Å². The second-order valence-electron chi connectivity index (χ2n) is 11.1. The predicted molar refractivity (Wildman–Crippen MR) is 173 cm³/mol. The Kier molecular flexibility index (Phi) is 9.37. The van der Waals surface area contributed by atoms with Gasteiger partial charge in [-0.3, -0.25) is 9.36 Å². The highest BCUT2D eigenvalue weighted by molar-refractivity contribution is 7.18. The van der Waals surface area contributed by atoms with Gasteiger partial charge in [-0.1, -0.05) is 6.07 Å². The van der Waals surface area contributed by atoms with Crippen molar-refractivity contribution in [1.82, 2.24) is 29.9 Å². The molecule has 2 aromatic carbocycles. The molecule has 1 aliphatic heterocycles. The van der Waals surface area contributed by atoms with E-state index >= 15 is 4.39 Å². The summed E-state index contributed by atoms with van der Waals surface area (Å²) >= 11 is 1.48. The molecule has 0 bridgehead atoms. The molecule has 0 saturated carbocycles. The lowest BCUT2D eigenvalue weighted by Crippen LogP contribution is -2.31. The van der Waals surface area contributed by atoms with Gasteiger partial charge >= 0.3 is 12.1 Å².